The largest absolute Gasteiger partial charge is 0.307 e. The Balaban J connectivity index is 1.23. The van der Waals surface area contributed by atoms with Crippen molar-refractivity contribution in [3.05, 3.63) is 179 Å². The molecule has 10 aromatic rings. The first-order chi connectivity index (χ1) is 29.3. The number of nitrogens with zero attached hydrogens (tertiary/aromatic N) is 4. The molecule has 4 heteroatoms. The molecule has 0 radical (unpaired) electrons. The van der Waals surface area contributed by atoms with Gasteiger partial charge in [0.05, 0.1) is 45.8 Å². The zero-order chi connectivity index (χ0) is 40.6. The van der Waals surface area contributed by atoms with Crippen LogP contribution in [0.4, 0.5) is 0 Å². The van der Waals surface area contributed by atoms with Crippen LogP contribution in [0.25, 0.3) is 88.4 Å². The van der Waals surface area contributed by atoms with Crippen molar-refractivity contribution in [2.45, 2.75) is 65.2 Å². The smallest absolute Gasteiger partial charge is 0.0645 e. The number of aryl methyl sites for hydroxylation is 2. The molecule has 0 fully saturated rings. The van der Waals surface area contributed by atoms with E-state index in [0.717, 1.165) is 11.4 Å². The lowest BCUT2D eigenvalue weighted by Crippen LogP contribution is -2.24. The Morgan fingerprint density at radius 3 is 1.27 bits per heavy atom. The summed E-state index contributed by atoms with van der Waals surface area (Å²) in [5.74, 6) is 1.11. The topological polar surface area (TPSA) is 35.6 Å². The average molecular weight is 775 g/mol. The monoisotopic (exact) mass is 774 g/mol. The minimum Gasteiger partial charge on any atom is -0.307 e. The number of hydrogen-bond donors (Lipinski definition) is 0. The summed E-state index contributed by atoms with van der Waals surface area (Å²) in [6.45, 7) is 14.3. The first-order valence-corrected chi connectivity index (χ1v) is 21.5. The van der Waals surface area contributed by atoms with Gasteiger partial charge >= 0.3 is 0 Å². The summed E-state index contributed by atoms with van der Waals surface area (Å²) < 4.78 is 5.04. The molecule has 0 bridgehead atoms. The Morgan fingerprint density at radius 1 is 0.433 bits per heavy atom. The van der Waals surface area contributed by atoms with Gasteiger partial charge in [-0.25, -0.2) is 0 Å². The molecule has 60 heavy (non-hydrogen) atoms. The summed E-state index contributed by atoms with van der Waals surface area (Å²) in [6, 6.07) is 45.4. The third-order valence-electron chi connectivity index (χ3n) is 14.6. The molecule has 0 amide bonds. The highest BCUT2D eigenvalue weighted by atomic mass is 15.0. The van der Waals surface area contributed by atoms with Crippen LogP contribution in [0, 0.1) is 13.8 Å². The summed E-state index contributed by atoms with van der Waals surface area (Å²) in [5, 5.41) is 5.25. The Kier molecular flexibility index (Phi) is 7.54. The van der Waals surface area contributed by atoms with Crippen LogP contribution in [0.2, 0.25) is 0 Å². The van der Waals surface area contributed by atoms with Crippen LogP contribution < -0.4 is 0 Å². The van der Waals surface area contributed by atoms with E-state index in [4.69, 9.17) is 0 Å². The first-order valence-electron chi connectivity index (χ1n) is 21.5. The molecule has 290 valence electrons. The van der Waals surface area contributed by atoms with E-state index in [9.17, 15) is 0 Å². The zero-order valence-electron chi connectivity index (χ0n) is 35.0. The highest BCUT2D eigenvalue weighted by Gasteiger charge is 2.42. The lowest BCUT2D eigenvalue weighted by Gasteiger charge is -2.42. The van der Waals surface area contributed by atoms with Crippen LogP contribution in [0.1, 0.15) is 84.7 Å². The maximum atomic E-state index is 4.67. The number of aromatic nitrogens is 4. The molecule has 0 saturated heterocycles. The Morgan fingerprint density at radius 2 is 0.867 bits per heavy atom. The van der Waals surface area contributed by atoms with Gasteiger partial charge < -0.3 is 9.13 Å². The molecule has 6 aromatic carbocycles. The Bertz CT molecular complexity index is 3180. The van der Waals surface area contributed by atoms with Gasteiger partial charge in [-0.2, -0.15) is 0 Å². The highest BCUT2D eigenvalue weighted by molar-refractivity contribution is 6.17. The molecule has 4 aromatic heterocycles. The second kappa shape index (κ2) is 12.9. The number of hydrogen-bond acceptors (Lipinski definition) is 2. The predicted octanol–water partition coefficient (Wildman–Crippen LogP) is 14.7. The van der Waals surface area contributed by atoms with Crippen molar-refractivity contribution >= 4 is 43.6 Å². The normalized spacial score (nSPS) is 18.2. The third-order valence-corrected chi connectivity index (χ3v) is 14.6. The van der Waals surface area contributed by atoms with E-state index in [2.05, 4.69) is 182 Å². The third kappa shape index (κ3) is 4.73. The zero-order valence-corrected chi connectivity index (χ0v) is 35.0. The highest BCUT2D eigenvalue weighted by Crippen LogP contribution is 2.61. The van der Waals surface area contributed by atoms with Crippen molar-refractivity contribution < 1.29 is 0 Å². The molecule has 0 aliphatic heterocycles. The van der Waals surface area contributed by atoms with Crippen molar-refractivity contribution in [1.29, 1.82) is 0 Å². The molecule has 4 heterocycles. The minimum atomic E-state index is 0.229. The van der Waals surface area contributed by atoms with E-state index in [-0.39, 0.29) is 11.8 Å². The summed E-state index contributed by atoms with van der Waals surface area (Å²) in [5.41, 5.74) is 23.6. The Labute approximate surface area is 350 Å². The molecule has 4 nitrogen and oxygen atoms in total. The molecule has 4 unspecified atom stereocenters. The minimum absolute atomic E-state index is 0.229. The van der Waals surface area contributed by atoms with Crippen molar-refractivity contribution in [3.63, 3.8) is 0 Å². The van der Waals surface area contributed by atoms with Crippen molar-refractivity contribution in [3.8, 4) is 44.8 Å². The van der Waals surface area contributed by atoms with Crippen LogP contribution in [-0.2, 0) is 0 Å². The molecular weight excluding hydrogens is 729 g/mol. The lowest BCUT2D eigenvalue weighted by molar-refractivity contribution is 0.584. The average Bonchev–Trinajstić information content (AvgIpc) is 3.79. The molecule has 0 N–H and O–H groups in total. The number of rotatable bonds is 4. The van der Waals surface area contributed by atoms with Gasteiger partial charge in [0, 0.05) is 33.9 Å². The summed E-state index contributed by atoms with van der Waals surface area (Å²) >= 11 is 0. The van der Waals surface area contributed by atoms with Gasteiger partial charge in [-0.15, -0.1) is 0 Å². The second-order valence-electron chi connectivity index (χ2n) is 17.6. The molecule has 0 saturated carbocycles. The van der Waals surface area contributed by atoms with Crippen LogP contribution in [-0.4, -0.2) is 19.1 Å². The molecule has 2 aliphatic carbocycles. The standard InChI is InChI=1S/C56H46N4/c1-31-13-7-9-17-41(31)37-19-21-49-45(25-37)47-27-43-33(3)34(4)44-28-48-46-26-38(42-18-10-8-14-32(42)2)20-22-50(46)60(40-16-12-24-58-30-40)56(48)52-36(6)35(5)51(53(43)54(44)52)55(47)59(49)39-15-11-23-57-29-39/h7-30,33-36H,1-6H3. The van der Waals surface area contributed by atoms with Crippen molar-refractivity contribution in [2.75, 3.05) is 0 Å². The van der Waals surface area contributed by atoms with Gasteiger partial charge in [-0.3, -0.25) is 9.97 Å². The summed E-state index contributed by atoms with van der Waals surface area (Å²) in [7, 11) is 0. The quantitative estimate of drug-likeness (QED) is 0.178. The fourth-order valence-electron chi connectivity index (χ4n) is 11.3. The predicted molar refractivity (Wildman–Crippen MR) is 250 cm³/mol. The van der Waals surface area contributed by atoms with Gasteiger partial charge in [0.2, 0.25) is 0 Å². The van der Waals surface area contributed by atoms with Gasteiger partial charge in [-0.05, 0) is 165 Å². The van der Waals surface area contributed by atoms with E-state index in [1.807, 2.05) is 24.8 Å². The molecule has 2 aliphatic rings. The van der Waals surface area contributed by atoms with Crippen LogP contribution >= 0.6 is 0 Å². The van der Waals surface area contributed by atoms with E-state index < -0.39 is 0 Å². The van der Waals surface area contributed by atoms with E-state index in [0.29, 0.717) is 11.8 Å². The number of benzene rings is 6. The van der Waals surface area contributed by atoms with E-state index >= 15 is 0 Å². The van der Waals surface area contributed by atoms with Crippen molar-refractivity contribution in [1.82, 2.24) is 19.1 Å². The number of fused-ring (bicyclic) bond motifs is 8. The SMILES string of the molecule is Cc1ccccc1-c1ccc2c(c1)c1cc3c4c(c1n2-c1cccnc1)C(C)C(C)c1c-4c(cc2c4cc(-c5ccccc5C)ccc4n(-c4cccnc4)c12)C(C)C3C. The summed E-state index contributed by atoms with van der Waals surface area (Å²) in [6.07, 6.45) is 7.82. The van der Waals surface area contributed by atoms with Gasteiger partial charge in [0.1, 0.15) is 0 Å². The second-order valence-corrected chi connectivity index (χ2v) is 17.6. The fourth-order valence-corrected chi connectivity index (χ4v) is 11.3. The first kappa shape index (κ1) is 35.2. The fraction of sp³-hybridized carbons (Fsp3) is 0.179. The van der Waals surface area contributed by atoms with Crippen LogP contribution in [0.15, 0.2) is 146 Å². The maximum absolute atomic E-state index is 4.67. The van der Waals surface area contributed by atoms with Gasteiger partial charge in [0.25, 0.3) is 0 Å². The van der Waals surface area contributed by atoms with Crippen LogP contribution in [0.5, 0.6) is 0 Å². The van der Waals surface area contributed by atoms with Crippen molar-refractivity contribution in [2.24, 2.45) is 0 Å². The summed E-state index contributed by atoms with van der Waals surface area (Å²) in [4.78, 5) is 9.35. The molecular formula is C56H46N4. The molecule has 4 atom stereocenters. The van der Waals surface area contributed by atoms with Crippen LogP contribution in [0.3, 0.4) is 0 Å². The molecule has 0 spiro atoms. The van der Waals surface area contributed by atoms with Gasteiger partial charge in [0.15, 0.2) is 0 Å². The number of pyridine rings is 2. The Hall–Kier alpha value is -6.78. The maximum Gasteiger partial charge on any atom is 0.0645 e. The van der Waals surface area contributed by atoms with E-state index in [1.165, 1.54) is 110 Å². The lowest BCUT2D eigenvalue weighted by atomic mass is 9.62. The van der Waals surface area contributed by atoms with E-state index in [1.54, 1.807) is 0 Å². The molecule has 12 rings (SSSR count). The van der Waals surface area contributed by atoms with Gasteiger partial charge in [-0.1, -0.05) is 88.4 Å².